The van der Waals surface area contributed by atoms with Crippen molar-refractivity contribution < 1.29 is 23.5 Å². The van der Waals surface area contributed by atoms with Crippen LogP contribution in [0.3, 0.4) is 0 Å². The minimum absolute atomic E-state index is 0.0181. The summed E-state index contributed by atoms with van der Waals surface area (Å²) < 4.78 is 19.2. The van der Waals surface area contributed by atoms with Gasteiger partial charge in [0.15, 0.2) is 34.3 Å². The topological polar surface area (TPSA) is 103 Å². The number of fused-ring (bicyclic) bond motifs is 1. The summed E-state index contributed by atoms with van der Waals surface area (Å²) >= 11 is 1.33. The SMILES string of the molecule is O=C(CSc1nnc([C@@H]2COc3ccccc3O2)n1-c1ccccc1)N1CCN(C(=O)c2ccco2)CC1. The van der Waals surface area contributed by atoms with Crippen LogP contribution in [-0.2, 0) is 4.79 Å². The summed E-state index contributed by atoms with van der Waals surface area (Å²) in [6.07, 6.45) is 1.03. The molecule has 10 nitrogen and oxygen atoms in total. The number of carbonyl (C=O) groups excluding carboxylic acids is 2. The Morgan fingerprint density at radius 1 is 0.868 bits per heavy atom. The highest BCUT2D eigenvalue weighted by Crippen LogP contribution is 2.37. The fraction of sp³-hybridized carbons (Fsp3) is 0.259. The first-order valence-corrected chi connectivity index (χ1v) is 13.3. The zero-order valence-corrected chi connectivity index (χ0v) is 21.3. The van der Waals surface area contributed by atoms with E-state index in [4.69, 9.17) is 13.9 Å². The van der Waals surface area contributed by atoms with Crippen LogP contribution in [0.4, 0.5) is 0 Å². The molecule has 0 radical (unpaired) electrons. The highest BCUT2D eigenvalue weighted by molar-refractivity contribution is 7.99. The first-order chi connectivity index (χ1) is 18.7. The van der Waals surface area contributed by atoms with Gasteiger partial charge in [0.25, 0.3) is 5.91 Å². The van der Waals surface area contributed by atoms with Crippen LogP contribution in [0.1, 0.15) is 22.5 Å². The number of thioether (sulfide) groups is 1. The lowest BCUT2D eigenvalue weighted by molar-refractivity contribution is -0.129. The van der Waals surface area contributed by atoms with E-state index < -0.39 is 6.10 Å². The van der Waals surface area contributed by atoms with Gasteiger partial charge < -0.3 is 23.7 Å². The minimum Gasteiger partial charge on any atom is -0.485 e. The van der Waals surface area contributed by atoms with Gasteiger partial charge in [0.2, 0.25) is 5.91 Å². The highest BCUT2D eigenvalue weighted by Gasteiger charge is 2.30. The number of ether oxygens (including phenoxy) is 2. The Hall–Kier alpha value is -4.25. The Labute approximate surface area is 223 Å². The molecule has 2 aliphatic heterocycles. The number of furan rings is 1. The standard InChI is InChI=1S/C27H25N5O5S/c33-24(30-12-14-31(15-13-30)26(34)22-11-6-16-35-22)18-38-27-29-28-25(32(27)19-7-2-1-3-8-19)23-17-36-20-9-4-5-10-21(20)37-23/h1-11,16,23H,12-15,17-18H2/t23-/m0/s1. The largest absolute Gasteiger partial charge is 0.485 e. The molecule has 2 amide bonds. The van der Waals surface area contributed by atoms with Crippen LogP contribution in [0.2, 0.25) is 0 Å². The van der Waals surface area contributed by atoms with Gasteiger partial charge in [-0.3, -0.25) is 14.2 Å². The number of piperazine rings is 1. The molecule has 38 heavy (non-hydrogen) atoms. The zero-order chi connectivity index (χ0) is 25.9. The van der Waals surface area contributed by atoms with Crippen molar-refractivity contribution in [2.24, 2.45) is 0 Å². The van der Waals surface area contributed by atoms with Crippen LogP contribution >= 0.6 is 11.8 Å². The lowest BCUT2D eigenvalue weighted by Crippen LogP contribution is -2.51. The molecular weight excluding hydrogens is 506 g/mol. The van der Waals surface area contributed by atoms with Gasteiger partial charge in [-0.1, -0.05) is 42.1 Å². The summed E-state index contributed by atoms with van der Waals surface area (Å²) in [5.41, 5.74) is 0.870. The van der Waals surface area contributed by atoms with Crippen LogP contribution < -0.4 is 9.47 Å². The van der Waals surface area contributed by atoms with E-state index in [-0.39, 0.29) is 17.6 Å². The third-order valence-electron chi connectivity index (χ3n) is 6.45. The predicted octanol–water partition coefficient (Wildman–Crippen LogP) is 3.45. The maximum absolute atomic E-state index is 13.1. The van der Waals surface area contributed by atoms with E-state index in [1.165, 1.54) is 18.0 Å². The number of para-hydroxylation sites is 3. The molecule has 0 N–H and O–H groups in total. The van der Waals surface area contributed by atoms with E-state index >= 15 is 0 Å². The lowest BCUT2D eigenvalue weighted by Gasteiger charge is -2.34. The van der Waals surface area contributed by atoms with E-state index in [1.807, 2.05) is 59.2 Å². The van der Waals surface area contributed by atoms with E-state index in [0.29, 0.717) is 61.0 Å². The second kappa shape index (κ2) is 10.6. The molecule has 2 aromatic carbocycles. The van der Waals surface area contributed by atoms with Gasteiger partial charge in [0, 0.05) is 31.9 Å². The van der Waals surface area contributed by atoms with Gasteiger partial charge in [-0.25, -0.2) is 0 Å². The number of carbonyl (C=O) groups is 2. The molecule has 0 saturated carbocycles. The van der Waals surface area contributed by atoms with Crippen LogP contribution in [0.15, 0.2) is 82.6 Å². The van der Waals surface area contributed by atoms with Crippen molar-refractivity contribution in [2.45, 2.75) is 11.3 Å². The average Bonchev–Trinajstić information content (AvgIpc) is 3.67. The second-order valence-electron chi connectivity index (χ2n) is 8.81. The Morgan fingerprint density at radius 2 is 1.61 bits per heavy atom. The number of amides is 2. The summed E-state index contributed by atoms with van der Waals surface area (Å²) in [5, 5.41) is 9.44. The number of aromatic nitrogens is 3. The van der Waals surface area contributed by atoms with Crippen molar-refractivity contribution in [3.63, 3.8) is 0 Å². The van der Waals surface area contributed by atoms with Gasteiger partial charge in [-0.05, 0) is 36.4 Å². The maximum atomic E-state index is 13.1. The molecule has 2 aliphatic rings. The van der Waals surface area contributed by atoms with Crippen molar-refractivity contribution in [1.29, 1.82) is 0 Å². The van der Waals surface area contributed by atoms with Gasteiger partial charge in [-0.15, -0.1) is 10.2 Å². The van der Waals surface area contributed by atoms with Crippen LogP contribution in [-0.4, -0.2) is 74.9 Å². The molecule has 0 aliphatic carbocycles. The monoisotopic (exact) mass is 531 g/mol. The van der Waals surface area contributed by atoms with Crippen molar-refractivity contribution in [3.8, 4) is 17.2 Å². The van der Waals surface area contributed by atoms with Gasteiger partial charge >= 0.3 is 0 Å². The van der Waals surface area contributed by atoms with Crippen molar-refractivity contribution in [2.75, 3.05) is 38.5 Å². The fourth-order valence-electron chi connectivity index (χ4n) is 4.48. The number of benzene rings is 2. The average molecular weight is 532 g/mol. The number of rotatable bonds is 6. The molecular formula is C27H25N5O5S. The molecule has 11 heteroatoms. The lowest BCUT2D eigenvalue weighted by atomic mass is 10.2. The first kappa shape index (κ1) is 24.1. The van der Waals surface area contributed by atoms with E-state index in [0.717, 1.165) is 5.69 Å². The quantitative estimate of drug-likeness (QED) is 0.349. The predicted molar refractivity (Wildman–Crippen MR) is 139 cm³/mol. The van der Waals surface area contributed by atoms with Gasteiger partial charge in [0.1, 0.15) is 6.61 Å². The maximum Gasteiger partial charge on any atom is 0.289 e. The van der Waals surface area contributed by atoms with Crippen LogP contribution in [0, 0.1) is 0 Å². The Morgan fingerprint density at radius 3 is 2.37 bits per heavy atom. The second-order valence-corrected chi connectivity index (χ2v) is 9.76. The molecule has 4 aromatic rings. The number of nitrogens with zero attached hydrogens (tertiary/aromatic N) is 5. The van der Waals surface area contributed by atoms with E-state index in [9.17, 15) is 9.59 Å². The molecule has 1 atom stereocenters. The Bertz CT molecular complexity index is 1420. The Kier molecular flexibility index (Phi) is 6.74. The smallest absolute Gasteiger partial charge is 0.289 e. The summed E-state index contributed by atoms with van der Waals surface area (Å²) in [5.74, 6) is 2.29. The van der Waals surface area contributed by atoms with E-state index in [1.54, 1.807) is 21.9 Å². The summed E-state index contributed by atoms with van der Waals surface area (Å²) in [6.45, 7) is 2.15. The van der Waals surface area contributed by atoms with Crippen molar-refractivity contribution in [1.82, 2.24) is 24.6 Å². The molecule has 0 bridgehead atoms. The third-order valence-corrected chi connectivity index (χ3v) is 7.36. The molecule has 2 aromatic heterocycles. The summed E-state index contributed by atoms with van der Waals surface area (Å²) in [6, 6.07) is 20.6. The third kappa shape index (κ3) is 4.84. The Balaban J connectivity index is 1.14. The van der Waals surface area contributed by atoms with Gasteiger partial charge in [-0.2, -0.15) is 0 Å². The summed E-state index contributed by atoms with van der Waals surface area (Å²) in [7, 11) is 0. The fourth-order valence-corrected chi connectivity index (χ4v) is 5.34. The zero-order valence-electron chi connectivity index (χ0n) is 20.4. The highest BCUT2D eigenvalue weighted by atomic mass is 32.2. The molecule has 1 saturated heterocycles. The van der Waals surface area contributed by atoms with Crippen molar-refractivity contribution >= 4 is 23.6 Å². The molecule has 194 valence electrons. The minimum atomic E-state index is -0.456. The molecule has 4 heterocycles. The summed E-state index contributed by atoms with van der Waals surface area (Å²) in [4.78, 5) is 29.0. The normalized spacial score (nSPS) is 16.9. The van der Waals surface area contributed by atoms with Crippen LogP contribution in [0.5, 0.6) is 11.5 Å². The van der Waals surface area contributed by atoms with E-state index in [2.05, 4.69) is 10.2 Å². The molecule has 6 rings (SSSR count). The first-order valence-electron chi connectivity index (χ1n) is 12.3. The number of hydrogen-bond acceptors (Lipinski definition) is 8. The molecule has 0 unspecified atom stereocenters. The van der Waals surface area contributed by atoms with Gasteiger partial charge in [0.05, 0.1) is 12.0 Å². The molecule has 1 fully saturated rings. The van der Waals surface area contributed by atoms with Crippen molar-refractivity contribution in [3.05, 3.63) is 84.6 Å². The number of hydrogen-bond donors (Lipinski definition) is 0. The van der Waals surface area contributed by atoms with Crippen LogP contribution in [0.25, 0.3) is 5.69 Å². The molecule has 0 spiro atoms.